The van der Waals surface area contributed by atoms with E-state index in [0.29, 0.717) is 19.4 Å². The molecule has 0 aromatic heterocycles. The van der Waals surface area contributed by atoms with Crippen LogP contribution in [0.3, 0.4) is 0 Å². The number of likely N-dealkylation sites (tertiary alicyclic amines) is 1. The number of aliphatic carboxylic acids is 1. The molecule has 1 atom stereocenters. The maximum absolute atomic E-state index is 11.6. The van der Waals surface area contributed by atoms with Crippen LogP contribution in [0.1, 0.15) is 33.6 Å². The van der Waals surface area contributed by atoms with Crippen LogP contribution in [0.2, 0.25) is 0 Å². The summed E-state index contributed by atoms with van der Waals surface area (Å²) in [5, 5.41) is 10.7. The molecule has 0 saturated carbocycles. The Morgan fingerprint density at radius 1 is 1.38 bits per heavy atom. The number of carboxylic acids is 1. The van der Waals surface area contributed by atoms with Crippen molar-refractivity contribution in [3.63, 3.8) is 0 Å². The third-order valence-electron chi connectivity index (χ3n) is 2.15. The summed E-state index contributed by atoms with van der Waals surface area (Å²) in [4.78, 5) is 23.5. The van der Waals surface area contributed by atoms with Crippen LogP contribution in [0.25, 0.3) is 0 Å². The van der Waals surface area contributed by atoms with Crippen molar-refractivity contribution in [1.82, 2.24) is 4.90 Å². The normalized spacial score (nSPS) is 20.2. The smallest absolute Gasteiger partial charge is 0.548 e. The van der Waals surface area contributed by atoms with Crippen molar-refractivity contribution in [3.8, 4) is 0 Å². The summed E-state index contributed by atoms with van der Waals surface area (Å²) in [7, 11) is 0. The number of hydrogen-bond acceptors (Lipinski definition) is 4. The standard InChI is InChI=1S/C10H17NO4.Cs/c1-10(2,3)15-9(14)11-6-4-5-7(11)8(12)13;/h7H,4-6H2,1-3H3,(H,12,13);/q;+1/p-1/t7-;/m0./s1. The maximum atomic E-state index is 11.6. The monoisotopic (exact) mass is 347 g/mol. The first-order valence-corrected chi connectivity index (χ1v) is 5.02. The average Bonchev–Trinajstić information content (AvgIpc) is 2.47. The first kappa shape index (κ1) is 16.8. The number of carbonyl (C=O) groups excluding carboxylic acids is 2. The molecule has 6 heteroatoms. The Balaban J connectivity index is 0.00000225. The summed E-state index contributed by atoms with van der Waals surface area (Å²) in [5.41, 5.74) is -0.601. The number of carboxylic acid groups (broad SMARTS) is 1. The van der Waals surface area contributed by atoms with Gasteiger partial charge >= 0.3 is 75.0 Å². The van der Waals surface area contributed by atoms with Gasteiger partial charge in [-0.15, -0.1) is 0 Å². The van der Waals surface area contributed by atoms with Crippen molar-refractivity contribution in [2.24, 2.45) is 0 Å². The average molecular weight is 347 g/mol. The van der Waals surface area contributed by atoms with Gasteiger partial charge in [0.25, 0.3) is 0 Å². The molecule has 0 bridgehead atoms. The molecule has 0 radical (unpaired) electrons. The molecular formula is C10H16CsNO4. The quantitative estimate of drug-likeness (QED) is 0.512. The predicted molar refractivity (Wildman–Crippen MR) is 51.0 cm³/mol. The molecule has 1 aliphatic heterocycles. The Kier molecular flexibility index (Phi) is 6.98. The van der Waals surface area contributed by atoms with Gasteiger partial charge in [-0.1, -0.05) is 0 Å². The second-order valence-corrected chi connectivity index (χ2v) is 4.65. The van der Waals surface area contributed by atoms with Gasteiger partial charge < -0.3 is 14.6 Å². The minimum atomic E-state index is -1.21. The Morgan fingerprint density at radius 2 is 1.94 bits per heavy atom. The molecule has 0 N–H and O–H groups in total. The SMILES string of the molecule is CC(C)(C)OC(=O)N1CCC[C@H]1C(=O)[O-].[Cs+]. The number of hydrogen-bond donors (Lipinski definition) is 0. The fourth-order valence-corrected chi connectivity index (χ4v) is 1.55. The number of rotatable bonds is 1. The molecule has 5 nitrogen and oxygen atoms in total. The fourth-order valence-electron chi connectivity index (χ4n) is 1.55. The third-order valence-corrected chi connectivity index (χ3v) is 2.15. The first-order chi connectivity index (χ1) is 6.81. The van der Waals surface area contributed by atoms with E-state index in [9.17, 15) is 14.7 Å². The molecule has 16 heavy (non-hydrogen) atoms. The molecule has 1 saturated heterocycles. The molecule has 1 heterocycles. The van der Waals surface area contributed by atoms with Crippen molar-refractivity contribution in [1.29, 1.82) is 0 Å². The molecule has 1 fully saturated rings. The summed E-state index contributed by atoms with van der Waals surface area (Å²) >= 11 is 0. The second kappa shape index (κ2) is 6.65. The largest absolute Gasteiger partial charge is 1.00 e. The second-order valence-electron chi connectivity index (χ2n) is 4.65. The van der Waals surface area contributed by atoms with Crippen LogP contribution in [0, 0.1) is 0 Å². The van der Waals surface area contributed by atoms with E-state index >= 15 is 0 Å². The van der Waals surface area contributed by atoms with Crippen molar-refractivity contribution < 1.29 is 88.3 Å². The molecule has 1 aliphatic rings. The number of nitrogens with zero attached hydrogens (tertiary/aromatic N) is 1. The minimum Gasteiger partial charge on any atom is -0.548 e. The zero-order valence-corrected chi connectivity index (χ0v) is 16.6. The van der Waals surface area contributed by atoms with Gasteiger partial charge in [0.2, 0.25) is 0 Å². The van der Waals surface area contributed by atoms with Gasteiger partial charge in [-0.3, -0.25) is 4.90 Å². The van der Waals surface area contributed by atoms with E-state index < -0.39 is 23.7 Å². The van der Waals surface area contributed by atoms with Crippen molar-refractivity contribution in [3.05, 3.63) is 0 Å². The summed E-state index contributed by atoms with van der Waals surface area (Å²) in [6, 6.07) is -0.833. The van der Waals surface area contributed by atoms with Crippen LogP contribution in [-0.4, -0.2) is 35.2 Å². The van der Waals surface area contributed by atoms with Crippen LogP contribution in [0.5, 0.6) is 0 Å². The fraction of sp³-hybridized carbons (Fsp3) is 0.800. The van der Waals surface area contributed by atoms with Crippen LogP contribution < -0.4 is 74.0 Å². The summed E-state index contributed by atoms with van der Waals surface area (Å²) in [5.74, 6) is -1.21. The first-order valence-electron chi connectivity index (χ1n) is 5.02. The van der Waals surface area contributed by atoms with E-state index in [2.05, 4.69) is 0 Å². The van der Waals surface area contributed by atoms with E-state index in [1.807, 2.05) is 0 Å². The molecule has 0 aliphatic carbocycles. The van der Waals surface area contributed by atoms with Gasteiger partial charge in [0.05, 0.1) is 12.0 Å². The molecule has 86 valence electrons. The van der Waals surface area contributed by atoms with Gasteiger partial charge in [-0.05, 0) is 33.6 Å². The third kappa shape index (κ3) is 4.97. The summed E-state index contributed by atoms with van der Waals surface area (Å²) in [6.45, 7) is 5.66. The van der Waals surface area contributed by atoms with Crippen LogP contribution in [-0.2, 0) is 9.53 Å². The Bertz CT molecular complexity index is 274. The van der Waals surface area contributed by atoms with Gasteiger partial charge in [-0.25, -0.2) is 4.79 Å². The van der Waals surface area contributed by atoms with Gasteiger partial charge in [-0.2, -0.15) is 0 Å². The maximum Gasteiger partial charge on any atom is 1.00 e. The van der Waals surface area contributed by atoms with Gasteiger partial charge in [0.15, 0.2) is 0 Å². The zero-order chi connectivity index (χ0) is 11.6. The van der Waals surface area contributed by atoms with E-state index in [1.54, 1.807) is 20.8 Å². The zero-order valence-electron chi connectivity index (χ0n) is 10.3. The van der Waals surface area contributed by atoms with Crippen LogP contribution in [0.4, 0.5) is 4.79 Å². The Morgan fingerprint density at radius 3 is 2.38 bits per heavy atom. The molecule has 0 spiro atoms. The summed E-state index contributed by atoms with van der Waals surface area (Å²) in [6.07, 6.45) is 0.550. The van der Waals surface area contributed by atoms with E-state index in [0.717, 1.165) is 0 Å². The van der Waals surface area contributed by atoms with E-state index in [4.69, 9.17) is 4.74 Å². The number of carbonyl (C=O) groups is 2. The van der Waals surface area contributed by atoms with Crippen LogP contribution >= 0.6 is 0 Å². The van der Waals surface area contributed by atoms with Crippen LogP contribution in [0.15, 0.2) is 0 Å². The molecule has 0 unspecified atom stereocenters. The van der Waals surface area contributed by atoms with E-state index in [1.165, 1.54) is 4.90 Å². The molecule has 0 aromatic carbocycles. The summed E-state index contributed by atoms with van der Waals surface area (Å²) < 4.78 is 5.10. The molecule has 0 aromatic rings. The number of ether oxygens (including phenoxy) is 1. The van der Waals surface area contributed by atoms with Crippen molar-refractivity contribution >= 4 is 12.1 Å². The van der Waals surface area contributed by atoms with Crippen molar-refractivity contribution in [2.75, 3.05) is 6.54 Å². The molecule has 1 rings (SSSR count). The topological polar surface area (TPSA) is 69.7 Å². The number of amides is 1. The minimum absolute atomic E-state index is 0. The van der Waals surface area contributed by atoms with Crippen molar-refractivity contribution in [2.45, 2.75) is 45.3 Å². The molecular weight excluding hydrogens is 331 g/mol. The van der Waals surface area contributed by atoms with Gasteiger partial charge in [0.1, 0.15) is 5.60 Å². The molecule has 1 amide bonds. The Hall–Kier alpha value is 0.792. The van der Waals surface area contributed by atoms with E-state index in [-0.39, 0.29) is 68.9 Å². The van der Waals surface area contributed by atoms with Gasteiger partial charge in [0, 0.05) is 6.54 Å². The Labute approximate surface area is 154 Å². The predicted octanol–water partition coefficient (Wildman–Crippen LogP) is -2.86.